The number of likely N-dealkylation sites (tertiary alicyclic amines) is 2. The van der Waals surface area contributed by atoms with Crippen molar-refractivity contribution in [1.29, 1.82) is 0 Å². The summed E-state index contributed by atoms with van der Waals surface area (Å²) in [6, 6.07) is 9.30. The highest BCUT2D eigenvalue weighted by Crippen LogP contribution is 2.27. The average Bonchev–Trinajstić information content (AvgIpc) is 3.28. The molecule has 0 bridgehead atoms. The van der Waals surface area contributed by atoms with Gasteiger partial charge in [0.25, 0.3) is 0 Å². The molecule has 0 saturated carbocycles. The Kier molecular flexibility index (Phi) is 7.50. The second-order valence-corrected chi connectivity index (χ2v) is 10.4. The van der Waals surface area contributed by atoms with Crippen LogP contribution in [0.1, 0.15) is 44.1 Å². The molecule has 7 nitrogen and oxygen atoms in total. The van der Waals surface area contributed by atoms with Gasteiger partial charge in [-0.05, 0) is 62.9 Å². The number of nitrogens with zero attached hydrogens (tertiary/aromatic N) is 5. The summed E-state index contributed by atoms with van der Waals surface area (Å²) in [5, 5.41) is 9.12. The maximum Gasteiger partial charge on any atom is 0.135 e. The van der Waals surface area contributed by atoms with Crippen LogP contribution in [0.5, 0.6) is 0 Å². The fourth-order valence-electron chi connectivity index (χ4n) is 5.82. The monoisotopic (exact) mass is 472 g/mol. The lowest BCUT2D eigenvalue weighted by Gasteiger charge is -2.47. The Morgan fingerprint density at radius 3 is 2.45 bits per heavy atom. The highest BCUT2D eigenvalue weighted by Gasteiger charge is 2.36. The van der Waals surface area contributed by atoms with E-state index in [1.807, 2.05) is 12.1 Å². The minimum absolute atomic E-state index is 0.301. The minimum atomic E-state index is 0.301. The Morgan fingerprint density at radius 2 is 1.76 bits per heavy atom. The molecule has 8 heteroatoms. The van der Waals surface area contributed by atoms with Gasteiger partial charge >= 0.3 is 0 Å². The van der Waals surface area contributed by atoms with Crippen LogP contribution in [0.3, 0.4) is 0 Å². The average molecular weight is 473 g/mol. The molecule has 3 saturated heterocycles. The van der Waals surface area contributed by atoms with E-state index in [4.69, 9.17) is 22.1 Å². The molecule has 4 aliphatic heterocycles. The van der Waals surface area contributed by atoms with Crippen molar-refractivity contribution in [2.45, 2.75) is 63.1 Å². The molecule has 4 heterocycles. The first-order chi connectivity index (χ1) is 16.1. The van der Waals surface area contributed by atoms with Crippen molar-refractivity contribution < 1.29 is 4.74 Å². The molecule has 2 N–H and O–H groups in total. The molecule has 5 rings (SSSR count). The summed E-state index contributed by atoms with van der Waals surface area (Å²) >= 11 is 6.12. The molecule has 1 aromatic carbocycles. The van der Waals surface area contributed by atoms with Gasteiger partial charge in [0.1, 0.15) is 11.7 Å². The molecule has 0 aliphatic carbocycles. The number of nitrogens with two attached hydrogens (primary N) is 1. The van der Waals surface area contributed by atoms with Crippen molar-refractivity contribution in [1.82, 2.24) is 14.7 Å². The number of amidine groups is 2. The molecule has 0 unspecified atom stereocenters. The molecule has 3 fully saturated rings. The quantitative estimate of drug-likeness (QED) is 0.713. The topological polar surface area (TPSA) is 69.7 Å². The third-order valence-corrected chi connectivity index (χ3v) is 7.89. The number of hydrogen-bond acceptors (Lipinski definition) is 7. The molecule has 0 aromatic heterocycles. The summed E-state index contributed by atoms with van der Waals surface area (Å²) in [6.07, 6.45) is 8.31. The first-order valence-corrected chi connectivity index (χ1v) is 13.0. The van der Waals surface area contributed by atoms with Crippen LogP contribution in [0.2, 0.25) is 5.02 Å². The van der Waals surface area contributed by atoms with Gasteiger partial charge in [0.05, 0.1) is 19.1 Å². The van der Waals surface area contributed by atoms with Gasteiger partial charge in [0, 0.05) is 43.3 Å². The zero-order valence-electron chi connectivity index (χ0n) is 19.5. The maximum atomic E-state index is 6.46. The SMILES string of the molecule is NC1=NN=C(N2CCC(N3C[C@H](CN4CCCCC4)OC[C@@H]3Cc3ccc(Cl)cc3)CC2)C1. The number of rotatable bonds is 5. The molecule has 1 aromatic rings. The number of morpholine rings is 1. The van der Waals surface area contributed by atoms with Crippen molar-refractivity contribution in [3.63, 3.8) is 0 Å². The van der Waals surface area contributed by atoms with Crippen LogP contribution in [0, 0.1) is 0 Å². The molecule has 180 valence electrons. The van der Waals surface area contributed by atoms with Crippen molar-refractivity contribution in [3.8, 4) is 0 Å². The molecular formula is C25H37ClN6O. The van der Waals surface area contributed by atoms with E-state index in [0.717, 1.165) is 62.9 Å². The zero-order valence-corrected chi connectivity index (χ0v) is 20.3. The van der Waals surface area contributed by atoms with Gasteiger partial charge in [-0.1, -0.05) is 30.2 Å². The van der Waals surface area contributed by atoms with Crippen LogP contribution in [0.15, 0.2) is 34.5 Å². The van der Waals surface area contributed by atoms with Gasteiger partial charge in [-0.3, -0.25) is 4.90 Å². The van der Waals surface area contributed by atoms with Gasteiger partial charge in [-0.2, -0.15) is 0 Å². The summed E-state index contributed by atoms with van der Waals surface area (Å²) in [5.41, 5.74) is 7.17. The molecule has 33 heavy (non-hydrogen) atoms. The summed E-state index contributed by atoms with van der Waals surface area (Å²) in [4.78, 5) is 7.75. The normalized spacial score (nSPS) is 28.1. The van der Waals surface area contributed by atoms with Crippen molar-refractivity contribution >= 4 is 23.3 Å². The van der Waals surface area contributed by atoms with Gasteiger partial charge in [-0.15, -0.1) is 10.2 Å². The highest BCUT2D eigenvalue weighted by atomic mass is 35.5. The smallest absolute Gasteiger partial charge is 0.135 e. The fraction of sp³-hybridized carbons (Fsp3) is 0.680. The van der Waals surface area contributed by atoms with Crippen molar-refractivity contribution in [2.24, 2.45) is 15.9 Å². The van der Waals surface area contributed by atoms with Gasteiger partial charge < -0.3 is 20.3 Å². The predicted molar refractivity (Wildman–Crippen MR) is 134 cm³/mol. The Bertz CT molecular complexity index is 845. The van der Waals surface area contributed by atoms with E-state index >= 15 is 0 Å². The first-order valence-electron chi connectivity index (χ1n) is 12.6. The molecule has 0 radical (unpaired) electrons. The van der Waals surface area contributed by atoms with E-state index in [2.05, 4.69) is 37.0 Å². The fourth-order valence-corrected chi connectivity index (χ4v) is 5.95. The molecular weight excluding hydrogens is 436 g/mol. The first kappa shape index (κ1) is 23.1. The Hall–Kier alpha value is -1.67. The zero-order chi connectivity index (χ0) is 22.6. The summed E-state index contributed by atoms with van der Waals surface area (Å²) in [5.74, 6) is 1.66. The van der Waals surface area contributed by atoms with Crippen LogP contribution >= 0.6 is 11.6 Å². The number of piperidine rings is 2. The van der Waals surface area contributed by atoms with E-state index in [0.29, 0.717) is 30.4 Å². The Morgan fingerprint density at radius 1 is 1.00 bits per heavy atom. The molecule has 0 amide bonds. The van der Waals surface area contributed by atoms with Crippen LogP contribution in [-0.4, -0.2) is 90.4 Å². The lowest BCUT2D eigenvalue weighted by Crippen LogP contribution is -2.59. The van der Waals surface area contributed by atoms with Gasteiger partial charge in [-0.25, -0.2) is 0 Å². The van der Waals surface area contributed by atoms with Crippen LogP contribution in [-0.2, 0) is 11.2 Å². The number of ether oxygens (including phenoxy) is 1. The van der Waals surface area contributed by atoms with Crippen molar-refractivity contribution in [2.75, 3.05) is 45.9 Å². The summed E-state index contributed by atoms with van der Waals surface area (Å²) in [6.45, 7) is 7.38. The third-order valence-electron chi connectivity index (χ3n) is 7.63. The largest absolute Gasteiger partial charge is 0.385 e. The lowest BCUT2D eigenvalue weighted by atomic mass is 9.96. The van der Waals surface area contributed by atoms with Crippen LogP contribution in [0.25, 0.3) is 0 Å². The summed E-state index contributed by atoms with van der Waals surface area (Å²) < 4.78 is 6.46. The standard InChI is InChI=1S/C25H37ClN6O/c26-20-6-4-19(5-7-20)14-22-18-33-23(16-30-10-2-1-3-11-30)17-32(22)21-8-12-31(13-9-21)25-15-24(27)28-29-25/h4-7,21-23H,1-3,8-18H2,(H2,27,28)/t22-,23-/m0/s1. The maximum absolute atomic E-state index is 6.46. The van der Waals surface area contributed by atoms with Crippen LogP contribution in [0.4, 0.5) is 0 Å². The number of hydrogen-bond donors (Lipinski definition) is 1. The van der Waals surface area contributed by atoms with Crippen LogP contribution < -0.4 is 5.73 Å². The van der Waals surface area contributed by atoms with E-state index in [-0.39, 0.29) is 0 Å². The Labute approximate surface area is 202 Å². The third kappa shape index (κ3) is 5.88. The van der Waals surface area contributed by atoms with Gasteiger partial charge in [0.2, 0.25) is 0 Å². The molecule has 2 atom stereocenters. The molecule has 0 spiro atoms. The molecule has 4 aliphatic rings. The van der Waals surface area contributed by atoms with E-state index in [1.165, 1.54) is 37.9 Å². The van der Waals surface area contributed by atoms with E-state index in [9.17, 15) is 0 Å². The predicted octanol–water partition coefficient (Wildman–Crippen LogP) is 2.98. The van der Waals surface area contributed by atoms with E-state index < -0.39 is 0 Å². The Balaban J connectivity index is 1.23. The second kappa shape index (κ2) is 10.7. The summed E-state index contributed by atoms with van der Waals surface area (Å²) in [7, 11) is 0. The van der Waals surface area contributed by atoms with Crippen molar-refractivity contribution in [3.05, 3.63) is 34.9 Å². The van der Waals surface area contributed by atoms with E-state index in [1.54, 1.807) is 0 Å². The highest BCUT2D eigenvalue weighted by molar-refractivity contribution is 6.30. The minimum Gasteiger partial charge on any atom is -0.385 e. The second-order valence-electron chi connectivity index (χ2n) is 10.0. The number of benzene rings is 1. The number of halogens is 1. The lowest BCUT2D eigenvalue weighted by molar-refractivity contribution is -0.0947. The van der Waals surface area contributed by atoms with Gasteiger partial charge in [0.15, 0.2) is 0 Å².